The van der Waals surface area contributed by atoms with E-state index < -0.39 is 4.92 Å². The van der Waals surface area contributed by atoms with Crippen molar-refractivity contribution in [3.05, 3.63) is 62.1 Å². The molecule has 0 unspecified atom stereocenters. The van der Waals surface area contributed by atoms with Gasteiger partial charge in [-0.15, -0.1) is 0 Å². The first-order chi connectivity index (χ1) is 8.56. The van der Waals surface area contributed by atoms with Gasteiger partial charge in [0.2, 0.25) is 0 Å². The molecular weight excluding hydrogens is 277 g/mol. The maximum Gasteiger partial charge on any atom is 0.305 e. The maximum absolute atomic E-state index is 10.5. The monoisotopic (exact) mass is 283 g/mol. The van der Waals surface area contributed by atoms with Crippen LogP contribution in [-0.2, 0) is 6.42 Å². The molecule has 7 heteroatoms. The van der Waals surface area contributed by atoms with Crippen LogP contribution in [0.4, 0.5) is 5.69 Å². The molecule has 0 amide bonds. The van der Waals surface area contributed by atoms with Crippen LogP contribution in [0.2, 0.25) is 10.0 Å². The van der Waals surface area contributed by atoms with Crippen LogP contribution in [0, 0.1) is 10.1 Å². The lowest BCUT2D eigenvalue weighted by Crippen LogP contribution is -1.98. The molecule has 0 N–H and O–H groups in total. The number of aromatic nitrogens is 2. The predicted octanol–water partition coefficient (Wildman–Crippen LogP) is 3.28. The molecule has 0 bridgehead atoms. The van der Waals surface area contributed by atoms with Gasteiger partial charge in [-0.3, -0.25) is 10.1 Å². The van der Waals surface area contributed by atoms with Gasteiger partial charge in [0.25, 0.3) is 0 Å². The molecule has 0 aliphatic heterocycles. The third-order valence-corrected chi connectivity index (χ3v) is 2.85. The molecule has 0 saturated carbocycles. The first-order valence-corrected chi connectivity index (χ1v) is 5.71. The summed E-state index contributed by atoms with van der Waals surface area (Å²) in [4.78, 5) is 17.7. The molecule has 2 aromatic rings. The first kappa shape index (κ1) is 12.7. The average molecular weight is 284 g/mol. The number of nitro groups is 1. The van der Waals surface area contributed by atoms with Gasteiger partial charge < -0.3 is 0 Å². The summed E-state index contributed by atoms with van der Waals surface area (Å²) >= 11 is 11.8. The van der Waals surface area contributed by atoms with Crippen LogP contribution in [0.1, 0.15) is 11.4 Å². The van der Waals surface area contributed by atoms with E-state index in [2.05, 4.69) is 9.97 Å². The van der Waals surface area contributed by atoms with Crippen LogP contribution < -0.4 is 0 Å². The van der Waals surface area contributed by atoms with E-state index in [-0.39, 0.29) is 5.69 Å². The molecule has 0 fully saturated rings. The molecule has 0 saturated heterocycles. The Morgan fingerprint density at radius 1 is 1.22 bits per heavy atom. The van der Waals surface area contributed by atoms with E-state index in [0.29, 0.717) is 22.3 Å². The van der Waals surface area contributed by atoms with E-state index in [1.165, 1.54) is 12.4 Å². The van der Waals surface area contributed by atoms with Crippen molar-refractivity contribution in [2.45, 2.75) is 6.42 Å². The van der Waals surface area contributed by atoms with Crippen molar-refractivity contribution in [3.63, 3.8) is 0 Å². The summed E-state index contributed by atoms with van der Waals surface area (Å²) in [5.41, 5.74) is 0.677. The van der Waals surface area contributed by atoms with Crippen molar-refractivity contribution < 1.29 is 4.92 Å². The Morgan fingerprint density at radius 3 is 2.44 bits per heavy atom. The third kappa shape index (κ3) is 2.94. The zero-order chi connectivity index (χ0) is 13.1. The number of rotatable bonds is 3. The standard InChI is InChI=1S/C11H7Cl2N3O2/c12-8-2-1-7(10(13)4-8)3-11-14-5-9(6-15-11)16(17)18/h1-2,4-6H,3H2. The molecule has 1 heterocycles. The second kappa shape index (κ2) is 5.29. The van der Waals surface area contributed by atoms with E-state index in [4.69, 9.17) is 23.2 Å². The van der Waals surface area contributed by atoms with Gasteiger partial charge in [0.1, 0.15) is 18.2 Å². The highest BCUT2D eigenvalue weighted by molar-refractivity contribution is 6.35. The highest BCUT2D eigenvalue weighted by Gasteiger charge is 2.08. The van der Waals surface area contributed by atoms with Crippen LogP contribution in [0.25, 0.3) is 0 Å². The zero-order valence-corrected chi connectivity index (χ0v) is 10.5. The van der Waals surface area contributed by atoms with Crippen LogP contribution in [-0.4, -0.2) is 14.9 Å². The van der Waals surface area contributed by atoms with Crippen LogP contribution in [0.5, 0.6) is 0 Å². The first-order valence-electron chi connectivity index (χ1n) is 4.95. The summed E-state index contributed by atoms with van der Waals surface area (Å²) < 4.78 is 0. The number of halogens is 2. The molecule has 1 aromatic heterocycles. The SMILES string of the molecule is O=[N+]([O-])c1cnc(Cc2ccc(Cl)cc2Cl)nc1. The van der Waals surface area contributed by atoms with Crippen molar-refractivity contribution in [1.29, 1.82) is 0 Å². The van der Waals surface area contributed by atoms with Crippen LogP contribution in [0.15, 0.2) is 30.6 Å². The van der Waals surface area contributed by atoms with Crippen molar-refractivity contribution in [1.82, 2.24) is 9.97 Å². The molecule has 2 rings (SSSR count). The Kier molecular flexibility index (Phi) is 3.74. The summed E-state index contributed by atoms with van der Waals surface area (Å²) in [7, 11) is 0. The van der Waals surface area contributed by atoms with E-state index in [1.54, 1.807) is 18.2 Å². The zero-order valence-electron chi connectivity index (χ0n) is 9.01. The summed E-state index contributed by atoms with van der Waals surface area (Å²) in [5.74, 6) is 0.463. The van der Waals surface area contributed by atoms with Crippen molar-refractivity contribution in [2.24, 2.45) is 0 Å². The van der Waals surface area contributed by atoms with E-state index in [1.807, 2.05) is 0 Å². The fourth-order valence-corrected chi connectivity index (χ4v) is 1.84. The molecule has 0 aliphatic rings. The number of nitrogens with zero attached hydrogens (tertiary/aromatic N) is 3. The van der Waals surface area contributed by atoms with Gasteiger partial charge >= 0.3 is 5.69 Å². The highest BCUT2D eigenvalue weighted by Crippen LogP contribution is 2.22. The van der Waals surface area contributed by atoms with Crippen molar-refractivity contribution in [3.8, 4) is 0 Å². The average Bonchev–Trinajstić information content (AvgIpc) is 2.33. The van der Waals surface area contributed by atoms with E-state index in [0.717, 1.165) is 5.56 Å². The molecule has 5 nitrogen and oxygen atoms in total. The third-order valence-electron chi connectivity index (χ3n) is 2.27. The Morgan fingerprint density at radius 2 is 1.89 bits per heavy atom. The van der Waals surface area contributed by atoms with Crippen LogP contribution in [0.3, 0.4) is 0 Å². The molecule has 0 radical (unpaired) electrons. The van der Waals surface area contributed by atoms with E-state index >= 15 is 0 Å². The minimum atomic E-state index is -0.543. The van der Waals surface area contributed by atoms with E-state index in [9.17, 15) is 10.1 Å². The smallest absolute Gasteiger partial charge is 0.258 e. The quantitative estimate of drug-likeness (QED) is 0.640. The Hall–Kier alpha value is -1.72. The Labute approximate surface area is 113 Å². The molecule has 1 aromatic carbocycles. The van der Waals surface area contributed by atoms with Crippen molar-refractivity contribution >= 4 is 28.9 Å². The summed E-state index contributed by atoms with van der Waals surface area (Å²) in [6, 6.07) is 5.12. The molecular formula is C11H7Cl2N3O2. The minimum Gasteiger partial charge on any atom is -0.258 e. The lowest BCUT2D eigenvalue weighted by Gasteiger charge is -2.03. The number of hydrogen-bond acceptors (Lipinski definition) is 4. The Balaban J connectivity index is 2.21. The topological polar surface area (TPSA) is 68.9 Å². The summed E-state index contributed by atoms with van der Waals surface area (Å²) in [6.45, 7) is 0. The summed E-state index contributed by atoms with van der Waals surface area (Å²) in [6.07, 6.45) is 2.74. The maximum atomic E-state index is 10.5. The van der Waals surface area contributed by atoms with Crippen LogP contribution >= 0.6 is 23.2 Å². The fraction of sp³-hybridized carbons (Fsp3) is 0.0909. The van der Waals surface area contributed by atoms with Gasteiger partial charge in [-0.2, -0.15) is 0 Å². The second-order valence-electron chi connectivity index (χ2n) is 3.53. The minimum absolute atomic E-state index is 0.138. The molecule has 0 spiro atoms. The fourth-order valence-electron chi connectivity index (χ4n) is 1.37. The normalized spacial score (nSPS) is 10.3. The largest absolute Gasteiger partial charge is 0.305 e. The molecule has 0 atom stereocenters. The number of benzene rings is 1. The van der Waals surface area contributed by atoms with Gasteiger partial charge in [0, 0.05) is 16.5 Å². The number of hydrogen-bond donors (Lipinski definition) is 0. The van der Waals surface area contributed by atoms with Gasteiger partial charge in [-0.1, -0.05) is 29.3 Å². The lowest BCUT2D eigenvalue weighted by molar-refractivity contribution is -0.385. The highest BCUT2D eigenvalue weighted by atomic mass is 35.5. The molecule has 92 valence electrons. The summed E-state index contributed by atoms with van der Waals surface area (Å²) in [5, 5.41) is 11.5. The van der Waals surface area contributed by atoms with Gasteiger partial charge in [-0.25, -0.2) is 9.97 Å². The second-order valence-corrected chi connectivity index (χ2v) is 4.37. The molecule has 18 heavy (non-hydrogen) atoms. The lowest BCUT2D eigenvalue weighted by atomic mass is 10.1. The predicted molar refractivity (Wildman–Crippen MR) is 68.0 cm³/mol. The van der Waals surface area contributed by atoms with Crippen molar-refractivity contribution in [2.75, 3.05) is 0 Å². The Bertz CT molecular complexity index is 587. The van der Waals surface area contributed by atoms with Gasteiger partial charge in [0.05, 0.1) is 4.92 Å². The van der Waals surface area contributed by atoms with Gasteiger partial charge in [-0.05, 0) is 17.7 Å². The molecule has 0 aliphatic carbocycles. The van der Waals surface area contributed by atoms with Gasteiger partial charge in [0.15, 0.2) is 0 Å².